The van der Waals surface area contributed by atoms with Crippen LogP contribution in [0.5, 0.6) is 28.7 Å². The molecule has 0 saturated carbocycles. The summed E-state index contributed by atoms with van der Waals surface area (Å²) in [5.74, 6) is -3.27. The zero-order valence-corrected chi connectivity index (χ0v) is 61.1. The molecule has 572 valence electrons. The number of Topliss-reactive ketones (excluding diaryl/α,β-unsaturated/α-hetero) is 1. The highest BCUT2D eigenvalue weighted by molar-refractivity contribution is 6.06. The Labute approximate surface area is 606 Å². The number of fused-ring (bicyclic) bond motifs is 4. The molecular formula is C74H100N4O26. The van der Waals surface area contributed by atoms with Gasteiger partial charge >= 0.3 is 30.1 Å². The van der Waals surface area contributed by atoms with Crippen LogP contribution in [0, 0.1) is 5.92 Å². The number of nitrogens with zero attached hydrogens (tertiary/aromatic N) is 4. The van der Waals surface area contributed by atoms with Crippen molar-refractivity contribution < 1.29 is 124 Å². The Morgan fingerprint density at radius 1 is 0.587 bits per heavy atom. The van der Waals surface area contributed by atoms with Gasteiger partial charge in [-0.1, -0.05) is 43.9 Å². The van der Waals surface area contributed by atoms with E-state index >= 15 is 0 Å². The Balaban J connectivity index is 0.947. The third-order valence-electron chi connectivity index (χ3n) is 17.6. The first kappa shape index (κ1) is 81.1. The standard InChI is InChI=1S/C74H100N4O26/c1-44-34-56-68(83)77(54-39-62(60(89-11)37-51(54)47(4)75(56)41-44)97-22-15-14-16-23-98-63-40-55-52(38-61(63)90-12)67(82)76-42-45(2)35-57(76)69(84)78(55)73(87)104-74(7,8)9)72(86)99-43-50-19-20-59(102-71-46(3)64(100-48(5)79)65(101-49(6)80)66(103-71)70(85)91-13)53(36-50)58(81)18-17-21-92-26-27-94-30-31-96-33-32-95-29-28-93-25-24-88-10/h19-20,36-40,46,56-57,64-66,68-69,71,83-84H,1-2,4,14-18,21-35,41-43H2,3,5-13H3/t46-,56+,57+,64-,65+,66+,68?,69?,71-/m1/s1. The van der Waals surface area contributed by atoms with Crippen LogP contribution in [0.15, 0.2) is 73.3 Å². The molecule has 8 rings (SSSR count). The monoisotopic (exact) mass is 1460 g/mol. The molecule has 3 saturated heterocycles. The number of benzene rings is 3. The van der Waals surface area contributed by atoms with Crippen LogP contribution in [0.25, 0.3) is 5.70 Å². The van der Waals surface area contributed by atoms with E-state index in [2.05, 4.69) is 19.7 Å². The topological polar surface area (TPSA) is 330 Å². The second-order valence-electron chi connectivity index (χ2n) is 26.4. The van der Waals surface area contributed by atoms with E-state index in [9.17, 15) is 43.8 Å². The Morgan fingerprint density at radius 2 is 1.10 bits per heavy atom. The summed E-state index contributed by atoms with van der Waals surface area (Å²) in [4.78, 5) is 101. The third-order valence-corrected chi connectivity index (χ3v) is 17.6. The maximum absolute atomic E-state index is 14.9. The van der Waals surface area contributed by atoms with Crippen LogP contribution in [0.4, 0.5) is 21.0 Å². The number of carbonyl (C=O) groups is 7. The number of esters is 3. The smallest absolute Gasteiger partial charge is 0.417 e. The molecule has 3 aromatic carbocycles. The van der Waals surface area contributed by atoms with Gasteiger partial charge in [0.2, 0.25) is 6.29 Å². The summed E-state index contributed by atoms with van der Waals surface area (Å²) in [6.45, 7) is 26.1. The minimum atomic E-state index is -1.63. The molecule has 30 heteroatoms. The highest BCUT2D eigenvalue weighted by Crippen LogP contribution is 2.47. The Bertz CT molecular complexity index is 3520. The first-order chi connectivity index (χ1) is 49.8. The number of hydrogen-bond acceptors (Lipinski definition) is 27. The lowest BCUT2D eigenvalue weighted by atomic mass is 9.91. The molecule has 3 aromatic rings. The summed E-state index contributed by atoms with van der Waals surface area (Å²) >= 11 is 0. The minimum Gasteiger partial charge on any atom is -0.493 e. The molecule has 0 radical (unpaired) electrons. The van der Waals surface area contributed by atoms with Crippen LogP contribution in [-0.4, -0.2) is 244 Å². The molecule has 0 aliphatic carbocycles. The van der Waals surface area contributed by atoms with Gasteiger partial charge < -0.3 is 101 Å². The lowest BCUT2D eigenvalue weighted by Gasteiger charge is -2.42. The average Bonchev–Trinajstić information content (AvgIpc) is 1.59. The number of anilines is 2. The highest BCUT2D eigenvalue weighted by Gasteiger charge is 2.53. The van der Waals surface area contributed by atoms with Crippen LogP contribution in [0.3, 0.4) is 0 Å². The number of ketones is 1. The predicted molar refractivity (Wildman–Crippen MR) is 374 cm³/mol. The fourth-order valence-electron chi connectivity index (χ4n) is 12.6. The lowest BCUT2D eigenvalue weighted by molar-refractivity contribution is -0.261. The summed E-state index contributed by atoms with van der Waals surface area (Å²) in [6, 6.07) is 9.28. The van der Waals surface area contributed by atoms with Crippen molar-refractivity contribution in [2.24, 2.45) is 5.92 Å². The number of aliphatic hydroxyl groups excluding tert-OH is 2. The van der Waals surface area contributed by atoms with Crippen LogP contribution >= 0.6 is 0 Å². The molecule has 5 aliphatic rings. The number of ether oxygens (including phenoxy) is 17. The van der Waals surface area contributed by atoms with Crippen molar-refractivity contribution in [3.05, 3.63) is 95.6 Å². The van der Waals surface area contributed by atoms with Crippen molar-refractivity contribution in [3.8, 4) is 28.7 Å². The van der Waals surface area contributed by atoms with Crippen molar-refractivity contribution in [1.29, 1.82) is 0 Å². The van der Waals surface area contributed by atoms with Crippen LogP contribution in [0.2, 0.25) is 0 Å². The van der Waals surface area contributed by atoms with E-state index in [-0.39, 0.29) is 104 Å². The summed E-state index contributed by atoms with van der Waals surface area (Å²) in [6.07, 6.45) is -8.12. The molecule has 30 nitrogen and oxygen atoms in total. The Morgan fingerprint density at radius 3 is 1.63 bits per heavy atom. The second-order valence-corrected chi connectivity index (χ2v) is 26.4. The van der Waals surface area contributed by atoms with Gasteiger partial charge in [-0.3, -0.25) is 19.2 Å². The van der Waals surface area contributed by atoms with E-state index in [1.165, 1.54) is 43.4 Å². The van der Waals surface area contributed by atoms with Gasteiger partial charge in [0.05, 0.1) is 141 Å². The van der Waals surface area contributed by atoms with Crippen LogP contribution in [-0.2, 0) is 77.8 Å². The van der Waals surface area contributed by atoms with E-state index in [1.807, 2.05) is 4.90 Å². The number of rotatable bonds is 37. The van der Waals surface area contributed by atoms with Crippen molar-refractivity contribution in [2.45, 2.75) is 148 Å². The SMILES string of the molecule is C=C1C[C@H]2C(O)N(C(=O)OCc3ccc(O[C@@H]4O[C@H](C(=O)OC)[C@@H](OC(C)=O)[C@H](OC(C)=O)[C@H]4C)c(C(=O)CCCOCCOCCOCCOCCOCCOC)c3)c3cc(OCCCCCOc4cc5c(cc4OC)C(=O)N4CC(=C)C[C@H]4C(O)N5C(=O)OC(C)(C)C)c(OC)cc3C(=C)N2C1. The largest absolute Gasteiger partial charge is 0.493 e. The van der Waals surface area contributed by atoms with Gasteiger partial charge in [-0.15, -0.1) is 0 Å². The fraction of sp³-hybridized carbons (Fsp3) is 0.581. The number of unbranched alkanes of at least 4 members (excludes halogenated alkanes) is 2. The lowest BCUT2D eigenvalue weighted by Crippen LogP contribution is -2.60. The molecule has 0 spiro atoms. The van der Waals surface area contributed by atoms with E-state index in [0.717, 1.165) is 41.9 Å². The number of amides is 3. The zero-order valence-electron chi connectivity index (χ0n) is 61.1. The molecule has 3 amide bonds. The summed E-state index contributed by atoms with van der Waals surface area (Å²) in [5, 5.41) is 24.1. The molecule has 104 heavy (non-hydrogen) atoms. The van der Waals surface area contributed by atoms with Crippen LogP contribution < -0.4 is 33.5 Å². The van der Waals surface area contributed by atoms with E-state index < -0.39 is 109 Å². The summed E-state index contributed by atoms with van der Waals surface area (Å²) in [7, 11) is 5.62. The summed E-state index contributed by atoms with van der Waals surface area (Å²) in [5.41, 5.74) is 2.26. The molecule has 9 atom stereocenters. The normalized spacial score (nSPS) is 21.4. The van der Waals surface area contributed by atoms with Gasteiger partial charge in [-0.05, 0) is 89.1 Å². The molecular weight excluding hydrogens is 1360 g/mol. The zero-order chi connectivity index (χ0) is 75.4. The molecule has 3 fully saturated rings. The third kappa shape index (κ3) is 21.1. The molecule has 5 aliphatic heterocycles. The van der Waals surface area contributed by atoms with Gasteiger partial charge in [-0.2, -0.15) is 0 Å². The predicted octanol–water partition coefficient (Wildman–Crippen LogP) is 7.72. The van der Waals surface area contributed by atoms with Crippen molar-refractivity contribution in [2.75, 3.05) is 137 Å². The van der Waals surface area contributed by atoms with Gasteiger partial charge in [-0.25, -0.2) is 24.2 Å². The molecule has 5 heterocycles. The van der Waals surface area contributed by atoms with E-state index in [1.54, 1.807) is 53.0 Å². The minimum absolute atomic E-state index is 0.0171. The van der Waals surface area contributed by atoms with Gasteiger partial charge in [0.1, 0.15) is 18.0 Å². The number of aliphatic hydroxyl groups is 2. The fourth-order valence-corrected chi connectivity index (χ4v) is 12.6. The van der Waals surface area contributed by atoms with Crippen molar-refractivity contribution in [3.63, 3.8) is 0 Å². The average molecular weight is 1460 g/mol. The van der Waals surface area contributed by atoms with Crippen LogP contribution in [0.1, 0.15) is 118 Å². The van der Waals surface area contributed by atoms with Gasteiger partial charge in [0.25, 0.3) is 5.91 Å². The maximum Gasteiger partial charge on any atom is 0.417 e. The summed E-state index contributed by atoms with van der Waals surface area (Å²) < 4.78 is 97.4. The number of carbonyl (C=O) groups excluding carboxylic acids is 7. The van der Waals surface area contributed by atoms with Gasteiger partial charge in [0.15, 0.2) is 59.5 Å². The van der Waals surface area contributed by atoms with Crippen molar-refractivity contribution >= 4 is 58.9 Å². The highest BCUT2D eigenvalue weighted by atomic mass is 16.7. The number of hydrogen-bond donors (Lipinski definition) is 2. The first-order valence-electron chi connectivity index (χ1n) is 34.7. The van der Waals surface area contributed by atoms with Crippen molar-refractivity contribution in [1.82, 2.24) is 9.80 Å². The quantitative estimate of drug-likeness (QED) is 0.0183. The van der Waals surface area contributed by atoms with E-state index in [4.69, 9.17) is 80.5 Å². The molecule has 0 bridgehead atoms. The molecule has 0 aromatic heterocycles. The second kappa shape index (κ2) is 38.4. The molecule has 2 N–H and O–H groups in total. The maximum atomic E-state index is 14.9. The Hall–Kier alpha value is -8.59. The number of methoxy groups -OCH3 is 4. The van der Waals surface area contributed by atoms with E-state index in [0.29, 0.717) is 108 Å². The first-order valence-corrected chi connectivity index (χ1v) is 34.7. The van der Waals surface area contributed by atoms with Gasteiger partial charge in [0, 0.05) is 70.5 Å². The molecule has 2 unspecified atom stereocenters. The Kier molecular flexibility index (Phi) is 30.0.